The minimum atomic E-state index is -0.0854. The van der Waals surface area contributed by atoms with Gasteiger partial charge in [0, 0.05) is 17.8 Å². The molecule has 5 nitrogen and oxygen atoms in total. The van der Waals surface area contributed by atoms with Gasteiger partial charge in [-0.15, -0.1) is 0 Å². The van der Waals surface area contributed by atoms with E-state index in [2.05, 4.69) is 22.5 Å². The summed E-state index contributed by atoms with van der Waals surface area (Å²) in [4.78, 5) is 17.0. The number of nitrogens with one attached hydrogen (secondary N) is 2. The molecule has 2 unspecified atom stereocenters. The standard InChI is InChI=1S/C13H22N4OS2/c1-3-15-13-17-11(14)10(20-13)12(18)16-8-6-5-7-9(8)19-4-2/h8-9H,3-7,14H2,1-2H3,(H,15,17)(H,16,18). The van der Waals surface area contributed by atoms with E-state index in [1.54, 1.807) is 0 Å². The second kappa shape index (κ2) is 7.17. The van der Waals surface area contributed by atoms with E-state index < -0.39 is 0 Å². The number of rotatable bonds is 6. The van der Waals surface area contributed by atoms with Crippen molar-refractivity contribution in [3.05, 3.63) is 4.88 Å². The van der Waals surface area contributed by atoms with E-state index in [1.165, 1.54) is 24.2 Å². The number of thioether (sulfide) groups is 1. The zero-order chi connectivity index (χ0) is 14.5. The van der Waals surface area contributed by atoms with Gasteiger partial charge in [0.1, 0.15) is 10.7 Å². The van der Waals surface area contributed by atoms with Gasteiger partial charge < -0.3 is 16.4 Å². The van der Waals surface area contributed by atoms with Crippen LogP contribution >= 0.6 is 23.1 Å². The number of aromatic nitrogens is 1. The van der Waals surface area contributed by atoms with Crippen molar-refractivity contribution in [1.29, 1.82) is 0 Å². The normalized spacial score (nSPS) is 21.9. The molecule has 20 heavy (non-hydrogen) atoms. The first kappa shape index (κ1) is 15.4. The van der Waals surface area contributed by atoms with Crippen LogP contribution in [0.1, 0.15) is 42.8 Å². The molecule has 0 aliphatic heterocycles. The molecule has 1 amide bonds. The van der Waals surface area contributed by atoms with Crippen LogP contribution in [0.15, 0.2) is 0 Å². The lowest BCUT2D eigenvalue weighted by Crippen LogP contribution is -2.38. The van der Waals surface area contributed by atoms with E-state index in [0.29, 0.717) is 21.1 Å². The molecule has 1 aliphatic carbocycles. The summed E-state index contributed by atoms with van der Waals surface area (Å²) in [6, 6.07) is 0.261. The van der Waals surface area contributed by atoms with Crippen molar-refractivity contribution in [2.24, 2.45) is 0 Å². The lowest BCUT2D eigenvalue weighted by Gasteiger charge is -2.19. The zero-order valence-corrected chi connectivity index (χ0v) is 13.6. The van der Waals surface area contributed by atoms with E-state index in [1.807, 2.05) is 18.7 Å². The lowest BCUT2D eigenvalue weighted by molar-refractivity contribution is 0.0943. The summed E-state index contributed by atoms with van der Waals surface area (Å²) in [5.74, 6) is 1.32. The summed E-state index contributed by atoms with van der Waals surface area (Å²) in [6.07, 6.45) is 3.43. The molecular formula is C13H22N4OS2. The van der Waals surface area contributed by atoms with E-state index in [-0.39, 0.29) is 11.9 Å². The van der Waals surface area contributed by atoms with Gasteiger partial charge in [0.25, 0.3) is 5.91 Å². The predicted molar refractivity (Wildman–Crippen MR) is 87.7 cm³/mol. The first-order chi connectivity index (χ1) is 9.65. The molecule has 0 aromatic carbocycles. The van der Waals surface area contributed by atoms with Crippen molar-refractivity contribution < 1.29 is 4.79 Å². The Labute approximate surface area is 128 Å². The monoisotopic (exact) mass is 314 g/mol. The van der Waals surface area contributed by atoms with Gasteiger partial charge >= 0.3 is 0 Å². The summed E-state index contributed by atoms with van der Waals surface area (Å²) < 4.78 is 0. The fourth-order valence-corrected chi connectivity index (χ4v) is 4.51. The number of thiazole rings is 1. The van der Waals surface area contributed by atoms with E-state index in [0.717, 1.165) is 18.7 Å². The molecule has 0 saturated heterocycles. The average Bonchev–Trinajstić information content (AvgIpc) is 2.98. The van der Waals surface area contributed by atoms with Crippen LogP contribution in [0.3, 0.4) is 0 Å². The fourth-order valence-electron chi connectivity index (χ4n) is 2.46. The number of nitrogen functional groups attached to an aromatic ring is 1. The van der Waals surface area contributed by atoms with E-state index in [4.69, 9.17) is 5.73 Å². The number of nitrogens with zero attached hydrogens (tertiary/aromatic N) is 1. The van der Waals surface area contributed by atoms with Crippen molar-refractivity contribution in [2.45, 2.75) is 44.4 Å². The van der Waals surface area contributed by atoms with Crippen molar-refractivity contribution >= 4 is 40.0 Å². The summed E-state index contributed by atoms with van der Waals surface area (Å²) in [5, 5.41) is 7.46. The van der Waals surface area contributed by atoms with E-state index in [9.17, 15) is 4.79 Å². The van der Waals surface area contributed by atoms with Crippen molar-refractivity contribution in [2.75, 3.05) is 23.3 Å². The van der Waals surface area contributed by atoms with Gasteiger partial charge in [-0.25, -0.2) is 4.98 Å². The molecule has 0 spiro atoms. The summed E-state index contributed by atoms with van der Waals surface area (Å²) >= 11 is 3.26. The van der Waals surface area contributed by atoms with Gasteiger partial charge in [-0.05, 0) is 25.5 Å². The molecule has 0 radical (unpaired) electrons. The van der Waals surface area contributed by atoms with Gasteiger partial charge in [0.15, 0.2) is 5.13 Å². The molecule has 1 saturated carbocycles. The van der Waals surface area contributed by atoms with Crippen LogP contribution in [0, 0.1) is 0 Å². The van der Waals surface area contributed by atoms with Gasteiger partial charge in [-0.2, -0.15) is 11.8 Å². The molecule has 0 bridgehead atoms. The highest BCUT2D eigenvalue weighted by atomic mass is 32.2. The Hall–Kier alpha value is -0.950. The van der Waals surface area contributed by atoms with Gasteiger partial charge in [0.2, 0.25) is 0 Å². The van der Waals surface area contributed by atoms with Crippen LogP contribution in [0.5, 0.6) is 0 Å². The van der Waals surface area contributed by atoms with Crippen LogP contribution in [0.2, 0.25) is 0 Å². The molecule has 2 rings (SSSR count). The number of anilines is 2. The van der Waals surface area contributed by atoms with Crippen molar-refractivity contribution in [3.63, 3.8) is 0 Å². The van der Waals surface area contributed by atoms with Gasteiger partial charge in [-0.1, -0.05) is 24.7 Å². The first-order valence-electron chi connectivity index (χ1n) is 7.08. The number of nitrogens with two attached hydrogens (primary N) is 1. The Morgan fingerprint density at radius 1 is 1.50 bits per heavy atom. The fraction of sp³-hybridized carbons (Fsp3) is 0.692. The highest BCUT2D eigenvalue weighted by molar-refractivity contribution is 7.99. The minimum Gasteiger partial charge on any atom is -0.382 e. The maximum absolute atomic E-state index is 12.3. The number of carbonyl (C=O) groups is 1. The minimum absolute atomic E-state index is 0.0854. The van der Waals surface area contributed by atoms with Crippen LogP contribution in [-0.2, 0) is 0 Å². The Bertz CT molecular complexity index is 463. The van der Waals surface area contributed by atoms with Crippen LogP contribution in [0.25, 0.3) is 0 Å². The molecule has 1 aromatic rings. The van der Waals surface area contributed by atoms with Crippen LogP contribution < -0.4 is 16.4 Å². The first-order valence-corrected chi connectivity index (χ1v) is 8.94. The predicted octanol–water partition coefficient (Wildman–Crippen LogP) is 2.56. The second-order valence-corrected chi connectivity index (χ2v) is 7.28. The molecule has 1 aliphatic rings. The lowest BCUT2D eigenvalue weighted by atomic mass is 10.2. The topological polar surface area (TPSA) is 80.0 Å². The number of hydrogen-bond donors (Lipinski definition) is 3. The molecule has 2 atom stereocenters. The van der Waals surface area contributed by atoms with Crippen molar-refractivity contribution in [3.8, 4) is 0 Å². The molecule has 112 valence electrons. The number of hydrogen-bond acceptors (Lipinski definition) is 6. The largest absolute Gasteiger partial charge is 0.382 e. The second-order valence-electron chi connectivity index (χ2n) is 4.77. The Morgan fingerprint density at radius 3 is 3.00 bits per heavy atom. The zero-order valence-electron chi connectivity index (χ0n) is 11.9. The Morgan fingerprint density at radius 2 is 2.30 bits per heavy atom. The highest BCUT2D eigenvalue weighted by Gasteiger charge is 2.29. The molecule has 4 N–H and O–H groups in total. The summed E-state index contributed by atoms with van der Waals surface area (Å²) in [6.45, 7) is 4.92. The third kappa shape index (κ3) is 3.58. The highest BCUT2D eigenvalue weighted by Crippen LogP contribution is 2.31. The van der Waals surface area contributed by atoms with E-state index >= 15 is 0 Å². The van der Waals surface area contributed by atoms with Crippen LogP contribution in [0.4, 0.5) is 10.9 Å². The quantitative estimate of drug-likeness (QED) is 0.752. The maximum Gasteiger partial charge on any atom is 0.265 e. The molecule has 1 aromatic heterocycles. The average molecular weight is 314 g/mol. The molecule has 1 fully saturated rings. The Balaban J connectivity index is 2.00. The maximum atomic E-state index is 12.3. The molecular weight excluding hydrogens is 292 g/mol. The third-order valence-corrected chi connectivity index (χ3v) is 5.69. The van der Waals surface area contributed by atoms with Crippen molar-refractivity contribution in [1.82, 2.24) is 10.3 Å². The van der Waals surface area contributed by atoms with Crippen LogP contribution in [-0.4, -0.2) is 34.5 Å². The molecule has 1 heterocycles. The number of carbonyl (C=O) groups excluding carboxylic acids is 1. The Kier molecular flexibility index (Phi) is 5.54. The number of amides is 1. The summed E-state index contributed by atoms with van der Waals surface area (Å²) in [7, 11) is 0. The third-order valence-electron chi connectivity index (χ3n) is 3.34. The smallest absolute Gasteiger partial charge is 0.265 e. The molecule has 7 heteroatoms. The SMILES string of the molecule is CCNc1nc(N)c(C(=O)NC2CCCC2SCC)s1. The summed E-state index contributed by atoms with van der Waals surface area (Å²) in [5.41, 5.74) is 5.83. The van der Waals surface area contributed by atoms with Gasteiger partial charge in [0.05, 0.1) is 0 Å². The van der Waals surface area contributed by atoms with Gasteiger partial charge in [-0.3, -0.25) is 4.79 Å².